The molecule has 0 saturated carbocycles. The van der Waals surface area contributed by atoms with E-state index in [0.29, 0.717) is 0 Å². The fourth-order valence-electron chi connectivity index (χ4n) is 3.85. The molecule has 0 amide bonds. The molecule has 0 aliphatic heterocycles. The van der Waals surface area contributed by atoms with Crippen LogP contribution in [-0.2, 0) is 24.7 Å². The van der Waals surface area contributed by atoms with Crippen LogP contribution in [0, 0.1) is 6.92 Å². The Morgan fingerprint density at radius 2 is 1.92 bits per heavy atom. The van der Waals surface area contributed by atoms with E-state index in [-0.39, 0.29) is 31.4 Å². The molecule has 2 aliphatic rings. The Labute approximate surface area is 179 Å². The SMILES string of the molecule is C=C1C(C2=CC=CC2)=[C]([Zr+2])c2ccc([Si](C)(C)CCO)c(C)c21.[Cl-].[Cl-]. The van der Waals surface area contributed by atoms with Crippen LogP contribution in [0.2, 0.25) is 19.1 Å². The van der Waals surface area contributed by atoms with Crippen molar-refractivity contribution in [1.82, 2.24) is 0 Å². The summed E-state index contributed by atoms with van der Waals surface area (Å²) in [5.74, 6) is 0. The van der Waals surface area contributed by atoms with Crippen molar-refractivity contribution in [2.24, 2.45) is 0 Å². The molecule has 2 aliphatic carbocycles. The molecule has 0 heterocycles. The summed E-state index contributed by atoms with van der Waals surface area (Å²) in [5, 5.41) is 10.9. The second-order valence-electron chi connectivity index (χ2n) is 7.07. The van der Waals surface area contributed by atoms with Gasteiger partial charge in [0.05, 0.1) is 0 Å². The molecular formula is C20H23Cl2OSiZr. The maximum Gasteiger partial charge on any atom is -1.00 e. The van der Waals surface area contributed by atoms with Crippen molar-refractivity contribution in [3.05, 3.63) is 64.8 Å². The standard InChI is InChI=1S/C20H23OSi.2ClH.Zr/c1-14-18(16-7-5-6-8-16)13-17-9-10-19(15(2)20(14)17)22(3,4)12-11-21;;;/h5-7,9-10,21H,1,8,11-12H2,2-4H3;2*1H;/q;;;+2/p-2. The number of allylic oxidation sites excluding steroid dienone is 6. The van der Waals surface area contributed by atoms with Crippen LogP contribution in [0.1, 0.15) is 23.1 Å². The molecule has 3 rings (SSSR count). The number of hydrogen-bond acceptors (Lipinski definition) is 1. The fourth-order valence-corrected chi connectivity index (χ4v) is 7.63. The molecule has 0 radical (unpaired) electrons. The van der Waals surface area contributed by atoms with Gasteiger partial charge in [0.25, 0.3) is 0 Å². The predicted octanol–water partition coefficient (Wildman–Crippen LogP) is -1.92. The number of benzene rings is 1. The Balaban J connectivity index is 0.00000156. The number of halogens is 2. The van der Waals surface area contributed by atoms with E-state index < -0.39 is 8.07 Å². The monoisotopic (exact) mass is 467 g/mol. The van der Waals surface area contributed by atoms with E-state index >= 15 is 0 Å². The average molecular weight is 470 g/mol. The van der Waals surface area contributed by atoms with Crippen LogP contribution in [0.25, 0.3) is 8.85 Å². The molecule has 0 atom stereocenters. The van der Waals surface area contributed by atoms with Gasteiger partial charge in [0.15, 0.2) is 0 Å². The third-order valence-corrected chi connectivity index (χ3v) is 9.90. The topological polar surface area (TPSA) is 20.2 Å². The van der Waals surface area contributed by atoms with Gasteiger partial charge in [0.2, 0.25) is 0 Å². The van der Waals surface area contributed by atoms with Gasteiger partial charge in [-0.1, -0.05) is 0 Å². The van der Waals surface area contributed by atoms with Crippen molar-refractivity contribution >= 4 is 22.1 Å². The van der Waals surface area contributed by atoms with Gasteiger partial charge in [0.1, 0.15) is 0 Å². The largest absolute Gasteiger partial charge is 1.00 e. The van der Waals surface area contributed by atoms with Crippen molar-refractivity contribution in [2.45, 2.75) is 32.5 Å². The van der Waals surface area contributed by atoms with Crippen LogP contribution in [0.3, 0.4) is 0 Å². The Bertz CT molecular complexity index is 791. The minimum atomic E-state index is -1.60. The van der Waals surface area contributed by atoms with Gasteiger partial charge in [-0.25, -0.2) is 0 Å². The van der Waals surface area contributed by atoms with E-state index in [2.05, 4.69) is 57.0 Å². The Kier molecular flexibility index (Phi) is 7.93. The number of hydrogen-bond donors (Lipinski definition) is 1. The van der Waals surface area contributed by atoms with E-state index in [0.717, 1.165) is 12.5 Å². The molecule has 0 fully saturated rings. The van der Waals surface area contributed by atoms with E-state index in [1.54, 1.807) is 0 Å². The summed E-state index contributed by atoms with van der Waals surface area (Å²) in [4.78, 5) is 0. The van der Waals surface area contributed by atoms with Crippen LogP contribution in [0.4, 0.5) is 0 Å². The zero-order valence-electron chi connectivity index (χ0n) is 14.9. The van der Waals surface area contributed by atoms with Gasteiger partial charge in [0, 0.05) is 0 Å². The second-order valence-corrected chi connectivity index (χ2v) is 13.1. The summed E-state index contributed by atoms with van der Waals surface area (Å²) < 4.78 is 1.45. The summed E-state index contributed by atoms with van der Waals surface area (Å²) in [7, 11) is -1.60. The quantitative estimate of drug-likeness (QED) is 0.510. The molecule has 0 spiro atoms. The van der Waals surface area contributed by atoms with Crippen LogP contribution in [-0.4, -0.2) is 19.8 Å². The van der Waals surface area contributed by atoms with Crippen molar-refractivity contribution in [3.63, 3.8) is 0 Å². The Hall–Kier alpha value is -0.180. The summed E-state index contributed by atoms with van der Waals surface area (Å²) in [5.41, 5.74) is 8.12. The molecule has 0 bridgehead atoms. The van der Waals surface area contributed by atoms with Crippen molar-refractivity contribution < 1.29 is 54.6 Å². The van der Waals surface area contributed by atoms with Crippen molar-refractivity contribution in [2.75, 3.05) is 6.61 Å². The van der Waals surface area contributed by atoms with Gasteiger partial charge in [-0.3, -0.25) is 0 Å². The summed E-state index contributed by atoms with van der Waals surface area (Å²) in [6, 6.07) is 5.53. The maximum atomic E-state index is 9.43. The number of fused-ring (bicyclic) bond motifs is 1. The molecule has 131 valence electrons. The molecule has 1 aromatic carbocycles. The van der Waals surface area contributed by atoms with E-state index in [4.69, 9.17) is 0 Å². The Morgan fingerprint density at radius 1 is 1.24 bits per heavy atom. The van der Waals surface area contributed by atoms with Crippen LogP contribution in [0.5, 0.6) is 0 Å². The first kappa shape index (κ1) is 22.9. The zero-order valence-corrected chi connectivity index (χ0v) is 19.9. The van der Waals surface area contributed by atoms with E-state index in [1.807, 2.05) is 0 Å². The van der Waals surface area contributed by atoms with Gasteiger partial charge >= 0.3 is 156 Å². The molecule has 25 heavy (non-hydrogen) atoms. The van der Waals surface area contributed by atoms with Crippen molar-refractivity contribution in [3.8, 4) is 0 Å². The second kappa shape index (κ2) is 8.67. The van der Waals surface area contributed by atoms with Crippen molar-refractivity contribution in [1.29, 1.82) is 0 Å². The van der Waals surface area contributed by atoms with Gasteiger partial charge in [-0.15, -0.1) is 0 Å². The number of aliphatic hydroxyl groups is 1. The molecule has 0 unspecified atom stereocenters. The zero-order chi connectivity index (χ0) is 16.8. The minimum Gasteiger partial charge on any atom is -1.00 e. The average Bonchev–Trinajstić information content (AvgIpc) is 3.07. The smallest absolute Gasteiger partial charge is 1.00 e. The summed E-state index contributed by atoms with van der Waals surface area (Å²) >= 11 is 1.46. The normalized spacial score (nSPS) is 15.8. The third kappa shape index (κ3) is 3.92. The number of aliphatic hydroxyl groups excluding tert-OH is 1. The third-order valence-electron chi connectivity index (χ3n) is 5.15. The van der Waals surface area contributed by atoms with E-state index in [1.165, 1.54) is 66.6 Å². The maximum absolute atomic E-state index is 9.43. The summed E-state index contributed by atoms with van der Waals surface area (Å²) in [6.45, 7) is 11.7. The fraction of sp³-hybridized carbons (Fsp3) is 0.300. The molecule has 5 heteroatoms. The van der Waals surface area contributed by atoms with Crippen LogP contribution < -0.4 is 30.0 Å². The molecule has 0 aromatic heterocycles. The molecule has 0 saturated heterocycles. The first-order valence-corrected chi connectivity index (χ1v) is 12.6. The first-order chi connectivity index (χ1) is 10.9. The minimum absolute atomic E-state index is 0. The first-order valence-electron chi connectivity index (χ1n) is 8.15. The molecule has 1 nitrogen and oxygen atoms in total. The molecular weight excluding hydrogens is 446 g/mol. The van der Waals surface area contributed by atoms with E-state index in [9.17, 15) is 5.11 Å². The summed E-state index contributed by atoms with van der Waals surface area (Å²) in [6.07, 6.45) is 7.63. The van der Waals surface area contributed by atoms with Gasteiger partial charge < -0.3 is 24.8 Å². The number of rotatable bonds is 4. The van der Waals surface area contributed by atoms with Gasteiger partial charge in [-0.05, 0) is 0 Å². The Morgan fingerprint density at radius 3 is 2.48 bits per heavy atom. The van der Waals surface area contributed by atoms with Gasteiger partial charge in [-0.2, -0.15) is 0 Å². The predicted molar refractivity (Wildman–Crippen MR) is 98.0 cm³/mol. The molecule has 1 N–H and O–H groups in total. The molecule has 1 aromatic rings. The van der Waals surface area contributed by atoms with Crippen LogP contribution in [0.15, 0.2) is 48.1 Å². The van der Waals surface area contributed by atoms with Crippen LogP contribution >= 0.6 is 0 Å².